The number of aryl methyl sites for hydroxylation is 1. The quantitative estimate of drug-likeness (QED) is 0.862. The Bertz CT molecular complexity index is 553. The summed E-state index contributed by atoms with van der Waals surface area (Å²) in [5, 5.41) is 12.4. The van der Waals surface area contributed by atoms with Crippen molar-refractivity contribution in [3.63, 3.8) is 0 Å². The zero-order valence-corrected chi connectivity index (χ0v) is 10.4. The zero-order chi connectivity index (χ0) is 13.0. The van der Waals surface area contributed by atoms with E-state index in [4.69, 9.17) is 5.26 Å². The average Bonchev–Trinajstić information content (AvgIpc) is 2.89. The smallest absolute Gasteiger partial charge is 0.144 e. The number of nitrogens with one attached hydrogen (secondary N) is 2. The van der Waals surface area contributed by atoms with E-state index in [-0.39, 0.29) is 6.04 Å². The van der Waals surface area contributed by atoms with E-state index in [1.165, 1.54) is 0 Å². The summed E-state index contributed by atoms with van der Waals surface area (Å²) in [5.74, 6) is 1.46. The standard InChI is InChI=1S/C13H15N5/c1-3-11(13-16-6-7-17-13)18-12-10(8-14)9(2)4-5-15-12/h4-7,11H,3H2,1-2H3,(H,15,18)(H,16,17). The molecule has 0 aromatic carbocycles. The third kappa shape index (κ3) is 2.33. The Balaban J connectivity index is 2.29. The van der Waals surface area contributed by atoms with Gasteiger partial charge in [-0.2, -0.15) is 5.26 Å². The molecule has 0 spiro atoms. The van der Waals surface area contributed by atoms with Crippen LogP contribution in [0.1, 0.15) is 36.3 Å². The molecule has 5 nitrogen and oxygen atoms in total. The summed E-state index contributed by atoms with van der Waals surface area (Å²) in [4.78, 5) is 11.5. The van der Waals surface area contributed by atoms with Crippen LogP contribution in [-0.2, 0) is 0 Å². The molecular formula is C13H15N5. The number of nitriles is 1. The third-order valence-electron chi connectivity index (χ3n) is 2.84. The Morgan fingerprint density at radius 2 is 2.28 bits per heavy atom. The van der Waals surface area contributed by atoms with E-state index in [0.717, 1.165) is 17.8 Å². The van der Waals surface area contributed by atoms with Gasteiger partial charge in [0.15, 0.2) is 0 Å². The molecule has 1 atom stereocenters. The highest BCUT2D eigenvalue weighted by molar-refractivity contribution is 5.55. The molecule has 2 aromatic rings. The van der Waals surface area contributed by atoms with Gasteiger partial charge in [0, 0.05) is 18.6 Å². The molecule has 0 radical (unpaired) electrons. The van der Waals surface area contributed by atoms with Crippen LogP contribution in [-0.4, -0.2) is 15.0 Å². The topological polar surface area (TPSA) is 77.4 Å². The fourth-order valence-electron chi connectivity index (χ4n) is 1.81. The lowest BCUT2D eigenvalue weighted by Crippen LogP contribution is -2.13. The number of imidazole rings is 1. The highest BCUT2D eigenvalue weighted by Gasteiger charge is 2.15. The minimum atomic E-state index is 0.0291. The van der Waals surface area contributed by atoms with Crippen LogP contribution < -0.4 is 5.32 Å². The Morgan fingerprint density at radius 3 is 2.89 bits per heavy atom. The molecule has 5 heteroatoms. The average molecular weight is 241 g/mol. The van der Waals surface area contributed by atoms with Crippen molar-refractivity contribution in [3.05, 3.63) is 41.6 Å². The van der Waals surface area contributed by atoms with Crippen LogP contribution in [0.2, 0.25) is 0 Å². The first kappa shape index (κ1) is 12.1. The lowest BCUT2D eigenvalue weighted by atomic mass is 10.1. The summed E-state index contributed by atoms with van der Waals surface area (Å²) in [6, 6.07) is 4.04. The maximum atomic E-state index is 9.16. The number of pyridine rings is 1. The van der Waals surface area contributed by atoms with Crippen molar-refractivity contribution in [1.29, 1.82) is 5.26 Å². The van der Waals surface area contributed by atoms with Crippen LogP contribution in [0.4, 0.5) is 5.82 Å². The van der Waals surface area contributed by atoms with Crippen LogP contribution in [0, 0.1) is 18.3 Å². The minimum Gasteiger partial charge on any atom is -0.359 e. The predicted octanol–water partition coefficient (Wildman–Crippen LogP) is 2.55. The highest BCUT2D eigenvalue weighted by Crippen LogP contribution is 2.22. The van der Waals surface area contributed by atoms with Gasteiger partial charge in [0.25, 0.3) is 0 Å². The van der Waals surface area contributed by atoms with E-state index in [9.17, 15) is 0 Å². The molecule has 1 unspecified atom stereocenters. The number of nitrogens with zero attached hydrogens (tertiary/aromatic N) is 3. The summed E-state index contributed by atoms with van der Waals surface area (Å²) in [5.41, 5.74) is 1.51. The van der Waals surface area contributed by atoms with Gasteiger partial charge in [-0.25, -0.2) is 9.97 Å². The molecule has 0 saturated carbocycles. The molecule has 0 amide bonds. The van der Waals surface area contributed by atoms with Gasteiger partial charge in [-0.05, 0) is 25.0 Å². The molecule has 2 heterocycles. The van der Waals surface area contributed by atoms with Crippen LogP contribution in [0.15, 0.2) is 24.7 Å². The van der Waals surface area contributed by atoms with E-state index < -0.39 is 0 Å². The second kappa shape index (κ2) is 5.32. The molecule has 0 saturated heterocycles. The number of aromatic amines is 1. The molecule has 0 bridgehead atoms. The molecule has 2 N–H and O–H groups in total. The fourth-order valence-corrected chi connectivity index (χ4v) is 1.81. The maximum absolute atomic E-state index is 9.16. The summed E-state index contributed by atoms with van der Waals surface area (Å²) in [6.07, 6.45) is 6.06. The molecule has 0 aliphatic rings. The lowest BCUT2D eigenvalue weighted by molar-refractivity contribution is 0.700. The highest BCUT2D eigenvalue weighted by atomic mass is 15.1. The van der Waals surface area contributed by atoms with Gasteiger partial charge in [0.1, 0.15) is 17.7 Å². The van der Waals surface area contributed by atoms with Crippen molar-refractivity contribution >= 4 is 5.82 Å². The first-order valence-corrected chi connectivity index (χ1v) is 5.87. The predicted molar refractivity (Wildman–Crippen MR) is 68.9 cm³/mol. The van der Waals surface area contributed by atoms with E-state index in [2.05, 4.69) is 33.3 Å². The second-order valence-corrected chi connectivity index (χ2v) is 4.04. The maximum Gasteiger partial charge on any atom is 0.144 e. The largest absolute Gasteiger partial charge is 0.359 e. The van der Waals surface area contributed by atoms with Gasteiger partial charge in [-0.1, -0.05) is 6.92 Å². The van der Waals surface area contributed by atoms with E-state index in [1.807, 2.05) is 13.0 Å². The SMILES string of the molecule is CCC(Nc1nccc(C)c1C#N)c1ncc[nH]1. The van der Waals surface area contributed by atoms with Gasteiger partial charge >= 0.3 is 0 Å². The Hall–Kier alpha value is -2.35. The normalized spacial score (nSPS) is 11.8. The van der Waals surface area contributed by atoms with E-state index >= 15 is 0 Å². The van der Waals surface area contributed by atoms with Gasteiger partial charge < -0.3 is 10.3 Å². The number of aromatic nitrogens is 3. The lowest BCUT2D eigenvalue weighted by Gasteiger charge is -2.16. The first-order valence-electron chi connectivity index (χ1n) is 5.87. The summed E-state index contributed by atoms with van der Waals surface area (Å²) < 4.78 is 0. The molecule has 18 heavy (non-hydrogen) atoms. The van der Waals surface area contributed by atoms with Crippen molar-refractivity contribution in [3.8, 4) is 6.07 Å². The zero-order valence-electron chi connectivity index (χ0n) is 10.4. The van der Waals surface area contributed by atoms with Gasteiger partial charge in [0.05, 0.1) is 11.6 Å². The minimum absolute atomic E-state index is 0.0291. The molecule has 0 aliphatic carbocycles. The van der Waals surface area contributed by atoms with Crippen molar-refractivity contribution in [2.45, 2.75) is 26.3 Å². The fraction of sp³-hybridized carbons (Fsp3) is 0.308. The van der Waals surface area contributed by atoms with Gasteiger partial charge in [-0.15, -0.1) is 0 Å². The van der Waals surface area contributed by atoms with Crippen molar-refractivity contribution in [2.75, 3.05) is 5.32 Å². The molecule has 92 valence electrons. The Morgan fingerprint density at radius 1 is 1.44 bits per heavy atom. The van der Waals surface area contributed by atoms with Crippen LogP contribution >= 0.6 is 0 Å². The number of rotatable bonds is 4. The summed E-state index contributed by atoms with van der Waals surface area (Å²) in [7, 11) is 0. The molecule has 0 aliphatic heterocycles. The molecule has 2 rings (SSSR count). The van der Waals surface area contributed by atoms with Crippen molar-refractivity contribution in [1.82, 2.24) is 15.0 Å². The van der Waals surface area contributed by atoms with Gasteiger partial charge in [-0.3, -0.25) is 0 Å². The summed E-state index contributed by atoms with van der Waals surface area (Å²) in [6.45, 7) is 3.96. The molecule has 0 fully saturated rings. The third-order valence-corrected chi connectivity index (χ3v) is 2.84. The number of hydrogen-bond donors (Lipinski definition) is 2. The molecular weight excluding hydrogens is 226 g/mol. The van der Waals surface area contributed by atoms with Gasteiger partial charge in [0.2, 0.25) is 0 Å². The van der Waals surface area contributed by atoms with E-state index in [0.29, 0.717) is 11.4 Å². The summed E-state index contributed by atoms with van der Waals surface area (Å²) >= 11 is 0. The van der Waals surface area contributed by atoms with Crippen LogP contribution in [0.3, 0.4) is 0 Å². The number of anilines is 1. The number of hydrogen-bond acceptors (Lipinski definition) is 4. The van der Waals surface area contributed by atoms with Crippen molar-refractivity contribution < 1.29 is 0 Å². The first-order chi connectivity index (χ1) is 8.76. The van der Waals surface area contributed by atoms with Crippen molar-refractivity contribution in [2.24, 2.45) is 0 Å². The number of H-pyrrole nitrogens is 1. The Labute approximate surface area is 106 Å². The van der Waals surface area contributed by atoms with E-state index in [1.54, 1.807) is 18.6 Å². The van der Waals surface area contributed by atoms with Crippen LogP contribution in [0.25, 0.3) is 0 Å². The second-order valence-electron chi connectivity index (χ2n) is 4.04. The monoisotopic (exact) mass is 241 g/mol. The van der Waals surface area contributed by atoms with Crippen LogP contribution in [0.5, 0.6) is 0 Å². The Kier molecular flexibility index (Phi) is 3.58. The molecule has 2 aromatic heterocycles.